The maximum absolute atomic E-state index is 15.1. The molecule has 4 aliphatic heterocycles. The molecule has 1 unspecified atom stereocenters. The van der Waals surface area contributed by atoms with Crippen LogP contribution in [-0.4, -0.2) is 88.7 Å². The molecule has 2 saturated heterocycles. The summed E-state index contributed by atoms with van der Waals surface area (Å²) in [7, 11) is 0. The highest BCUT2D eigenvalue weighted by Crippen LogP contribution is 2.58. The van der Waals surface area contributed by atoms with Gasteiger partial charge in [0, 0.05) is 44.1 Å². The summed E-state index contributed by atoms with van der Waals surface area (Å²) < 4.78 is 7.06. The van der Waals surface area contributed by atoms with Gasteiger partial charge in [0.15, 0.2) is 0 Å². The van der Waals surface area contributed by atoms with Crippen molar-refractivity contribution >= 4 is 29.1 Å². The lowest BCUT2D eigenvalue weighted by atomic mass is 9.74. The number of carbonyl (C=O) groups is 3. The Labute approximate surface area is 294 Å². The first kappa shape index (κ1) is 33.8. The standard InChI is InChI=1S/C41H46N4O5/c1-4-42(5-2)31-18-20-32(21-19-31)44-25-13-23-41-35(38(48)45(36(41)39(44)49)33(28-46)26-29-14-8-6-9-15-29)34-37(47)43(24-12-22-40(34,3)50-41)27-30-16-10-7-11-17-30/h6-23,33-36,46H,4-5,24-28H2,1-3H3/t33-,34-,35+,36?,40+,41+/m1/s1. The van der Waals surface area contributed by atoms with Crippen LogP contribution in [0.15, 0.2) is 109 Å². The number of hydrogen-bond acceptors (Lipinski definition) is 6. The molecule has 50 heavy (non-hydrogen) atoms. The van der Waals surface area contributed by atoms with Crippen molar-refractivity contribution in [2.75, 3.05) is 42.6 Å². The summed E-state index contributed by atoms with van der Waals surface area (Å²) in [6, 6.07) is 25.6. The molecule has 0 aromatic heterocycles. The molecule has 6 atom stereocenters. The van der Waals surface area contributed by atoms with Crippen LogP contribution in [0, 0.1) is 11.8 Å². The van der Waals surface area contributed by atoms with Gasteiger partial charge in [0.1, 0.15) is 11.6 Å². The minimum Gasteiger partial charge on any atom is -0.394 e. The van der Waals surface area contributed by atoms with E-state index in [9.17, 15) is 9.90 Å². The van der Waals surface area contributed by atoms with Crippen LogP contribution in [0.25, 0.3) is 0 Å². The fraction of sp³-hybridized carbons (Fsp3) is 0.390. The Bertz CT molecular complexity index is 1780. The zero-order chi connectivity index (χ0) is 35.0. The smallest absolute Gasteiger partial charge is 0.253 e. The van der Waals surface area contributed by atoms with E-state index in [0.717, 1.165) is 29.9 Å². The van der Waals surface area contributed by atoms with Crippen molar-refractivity contribution in [3.63, 3.8) is 0 Å². The van der Waals surface area contributed by atoms with Crippen molar-refractivity contribution in [2.24, 2.45) is 11.8 Å². The van der Waals surface area contributed by atoms with Crippen LogP contribution in [0.4, 0.5) is 11.4 Å². The Morgan fingerprint density at radius 2 is 1.44 bits per heavy atom. The van der Waals surface area contributed by atoms with Gasteiger partial charge in [0.05, 0.1) is 30.1 Å². The van der Waals surface area contributed by atoms with E-state index < -0.39 is 35.1 Å². The maximum atomic E-state index is 15.1. The molecular formula is C41H46N4O5. The Morgan fingerprint density at radius 1 is 0.800 bits per heavy atom. The van der Waals surface area contributed by atoms with E-state index >= 15 is 9.59 Å². The van der Waals surface area contributed by atoms with Gasteiger partial charge in [-0.2, -0.15) is 0 Å². The van der Waals surface area contributed by atoms with Crippen LogP contribution in [0.3, 0.4) is 0 Å². The fourth-order valence-electron chi connectivity index (χ4n) is 8.65. The van der Waals surface area contributed by atoms with Gasteiger partial charge in [-0.25, -0.2) is 0 Å². The van der Waals surface area contributed by atoms with Crippen LogP contribution < -0.4 is 9.80 Å². The number of benzene rings is 3. The van der Waals surface area contributed by atoms with Crippen molar-refractivity contribution in [2.45, 2.75) is 57.0 Å². The van der Waals surface area contributed by atoms with Crippen molar-refractivity contribution in [3.8, 4) is 0 Å². The lowest BCUT2D eigenvalue weighted by Gasteiger charge is -2.40. The molecule has 260 valence electrons. The topological polar surface area (TPSA) is 93.6 Å². The van der Waals surface area contributed by atoms with Crippen molar-refractivity contribution in [3.05, 3.63) is 120 Å². The van der Waals surface area contributed by atoms with Crippen molar-refractivity contribution in [1.29, 1.82) is 0 Å². The summed E-state index contributed by atoms with van der Waals surface area (Å²) in [5.41, 5.74) is 1.12. The van der Waals surface area contributed by atoms with Crippen LogP contribution in [0.5, 0.6) is 0 Å². The second-order valence-corrected chi connectivity index (χ2v) is 13.9. The maximum Gasteiger partial charge on any atom is 0.253 e. The third-order valence-electron chi connectivity index (χ3n) is 11.0. The van der Waals surface area contributed by atoms with E-state index in [4.69, 9.17) is 4.74 Å². The van der Waals surface area contributed by atoms with Gasteiger partial charge in [0.25, 0.3) is 5.91 Å². The summed E-state index contributed by atoms with van der Waals surface area (Å²) in [6.45, 7) is 8.48. The van der Waals surface area contributed by atoms with E-state index in [2.05, 4.69) is 18.7 Å². The van der Waals surface area contributed by atoms with Crippen LogP contribution in [-0.2, 0) is 32.1 Å². The van der Waals surface area contributed by atoms with E-state index in [1.54, 1.807) is 14.7 Å². The third kappa shape index (κ3) is 5.62. The molecule has 4 heterocycles. The molecule has 4 aliphatic rings. The monoisotopic (exact) mass is 674 g/mol. The zero-order valence-corrected chi connectivity index (χ0v) is 29.0. The average molecular weight is 675 g/mol. The summed E-state index contributed by atoms with van der Waals surface area (Å²) in [5, 5.41) is 10.9. The normalized spacial score (nSPS) is 27.9. The quantitative estimate of drug-likeness (QED) is 0.316. The number of nitrogens with zero attached hydrogens (tertiary/aromatic N) is 4. The molecule has 1 spiro atoms. The minimum absolute atomic E-state index is 0.185. The first-order valence-corrected chi connectivity index (χ1v) is 17.8. The predicted molar refractivity (Wildman–Crippen MR) is 193 cm³/mol. The second kappa shape index (κ2) is 13.5. The molecule has 0 radical (unpaired) electrons. The Balaban J connectivity index is 1.31. The lowest BCUT2D eigenvalue weighted by molar-refractivity contribution is -0.151. The van der Waals surface area contributed by atoms with Crippen LogP contribution >= 0.6 is 0 Å². The highest BCUT2D eigenvalue weighted by atomic mass is 16.5. The number of rotatable bonds is 10. The SMILES string of the molecule is CCN(CC)c1ccc(N2CC=C[C@]34O[C@@]5(C)C=CCN(Cc6ccccc6)C(=O)[C@H]5[C@H]3C(=O)N([C@@H](CO)Cc3ccccc3)C4C2=O)cc1. The lowest BCUT2D eigenvalue weighted by Crippen LogP contribution is -2.59. The van der Waals surface area contributed by atoms with Crippen LogP contribution in [0.2, 0.25) is 0 Å². The third-order valence-corrected chi connectivity index (χ3v) is 11.0. The predicted octanol–water partition coefficient (Wildman–Crippen LogP) is 4.61. The van der Waals surface area contributed by atoms with Gasteiger partial charge < -0.3 is 29.4 Å². The number of carbonyl (C=O) groups excluding carboxylic acids is 3. The fourth-order valence-corrected chi connectivity index (χ4v) is 8.65. The number of hydrogen-bond donors (Lipinski definition) is 1. The molecule has 3 amide bonds. The number of amides is 3. The molecule has 0 bridgehead atoms. The van der Waals surface area contributed by atoms with E-state index in [0.29, 0.717) is 25.2 Å². The Hall–Kier alpha value is -4.73. The van der Waals surface area contributed by atoms with Crippen molar-refractivity contribution in [1.82, 2.24) is 9.80 Å². The van der Waals surface area contributed by atoms with Gasteiger partial charge >= 0.3 is 0 Å². The molecule has 9 nitrogen and oxygen atoms in total. The molecule has 3 aromatic carbocycles. The van der Waals surface area contributed by atoms with E-state index in [-0.39, 0.29) is 30.9 Å². The highest BCUT2D eigenvalue weighted by molar-refractivity contribution is 6.06. The number of ether oxygens (including phenoxy) is 1. The summed E-state index contributed by atoms with van der Waals surface area (Å²) in [5.74, 6) is -2.68. The largest absolute Gasteiger partial charge is 0.394 e. The Morgan fingerprint density at radius 3 is 2.08 bits per heavy atom. The molecule has 7 rings (SSSR count). The van der Waals surface area contributed by atoms with E-state index in [1.807, 2.05) is 116 Å². The summed E-state index contributed by atoms with van der Waals surface area (Å²) in [6.07, 6.45) is 7.95. The highest BCUT2D eigenvalue weighted by Gasteiger charge is 2.75. The average Bonchev–Trinajstić information content (AvgIpc) is 3.41. The van der Waals surface area contributed by atoms with Gasteiger partial charge in [-0.15, -0.1) is 0 Å². The van der Waals surface area contributed by atoms with Gasteiger partial charge in [-0.05, 0) is 62.6 Å². The molecule has 9 heteroatoms. The number of anilines is 2. The van der Waals surface area contributed by atoms with Crippen LogP contribution in [0.1, 0.15) is 31.9 Å². The summed E-state index contributed by atoms with van der Waals surface area (Å²) in [4.78, 5) is 52.1. The summed E-state index contributed by atoms with van der Waals surface area (Å²) >= 11 is 0. The molecule has 1 N–H and O–H groups in total. The molecule has 0 aliphatic carbocycles. The minimum atomic E-state index is -1.43. The molecule has 3 aromatic rings. The Kier molecular flexibility index (Phi) is 9.13. The van der Waals surface area contributed by atoms with Crippen molar-refractivity contribution < 1.29 is 24.2 Å². The van der Waals surface area contributed by atoms with Gasteiger partial charge in [0.2, 0.25) is 11.8 Å². The number of aliphatic hydroxyl groups excluding tert-OH is 1. The first-order valence-electron chi connectivity index (χ1n) is 17.8. The van der Waals surface area contributed by atoms with E-state index in [1.165, 1.54) is 0 Å². The van der Waals surface area contributed by atoms with Gasteiger partial charge in [-0.3, -0.25) is 14.4 Å². The molecule has 2 fully saturated rings. The zero-order valence-electron chi connectivity index (χ0n) is 29.0. The number of aliphatic hydroxyl groups is 1. The first-order chi connectivity index (χ1) is 24.2. The van der Waals surface area contributed by atoms with Gasteiger partial charge in [-0.1, -0.05) is 85.0 Å². The molecule has 0 saturated carbocycles. The number of likely N-dealkylation sites (tertiary alicyclic amines) is 1. The second-order valence-electron chi connectivity index (χ2n) is 13.9. The molecular weight excluding hydrogens is 628 g/mol. The number of fused-ring (bicyclic) bond motifs is 2.